The molecule has 5 nitrogen and oxygen atoms in total. The second kappa shape index (κ2) is 7.81. The SMILES string of the molecule is CC(C)OC(=O)/C(CC(C)(C)CC#N)=N\[S+]([O-])C(C)(C)C. The normalized spacial score (nSPS) is 14.8. The molecule has 0 saturated carbocycles. The Kier molecular flexibility index (Phi) is 7.41. The van der Waals surface area contributed by atoms with Crippen molar-refractivity contribution in [2.75, 3.05) is 0 Å². The van der Waals surface area contributed by atoms with E-state index in [1.54, 1.807) is 34.6 Å². The van der Waals surface area contributed by atoms with Crippen molar-refractivity contribution >= 4 is 23.0 Å². The van der Waals surface area contributed by atoms with Crippen molar-refractivity contribution in [3.05, 3.63) is 0 Å². The van der Waals surface area contributed by atoms with Crippen LogP contribution < -0.4 is 0 Å². The molecule has 21 heavy (non-hydrogen) atoms. The molecule has 0 bridgehead atoms. The first-order valence-corrected chi connectivity index (χ1v) is 8.07. The standard InChI is InChI=1S/C15H26N2O3S/c1-11(2)20-13(18)12(10-15(6,7)8-9-16)17-21(19)14(3,4)5/h11H,8,10H2,1-7H3/b17-12-. The summed E-state index contributed by atoms with van der Waals surface area (Å²) in [5.74, 6) is -0.561. The molecule has 6 heteroatoms. The third-order valence-electron chi connectivity index (χ3n) is 2.50. The predicted molar refractivity (Wildman–Crippen MR) is 85.2 cm³/mol. The summed E-state index contributed by atoms with van der Waals surface area (Å²) in [6, 6.07) is 2.09. The Morgan fingerprint density at radius 2 is 1.86 bits per heavy atom. The molecule has 0 rings (SSSR count). The zero-order valence-electron chi connectivity index (χ0n) is 14.0. The molecule has 0 radical (unpaired) electrons. The van der Waals surface area contributed by atoms with Gasteiger partial charge < -0.3 is 9.29 Å². The zero-order valence-corrected chi connectivity index (χ0v) is 14.8. The number of ether oxygens (including phenoxy) is 1. The summed E-state index contributed by atoms with van der Waals surface area (Å²) in [7, 11) is 0. The highest BCUT2D eigenvalue weighted by atomic mass is 32.2. The molecule has 0 aromatic rings. The smallest absolute Gasteiger partial charge is 0.357 e. The van der Waals surface area contributed by atoms with Gasteiger partial charge in [0.25, 0.3) is 0 Å². The van der Waals surface area contributed by atoms with Crippen molar-refractivity contribution in [3.63, 3.8) is 0 Å². The van der Waals surface area contributed by atoms with Crippen LogP contribution in [0.1, 0.15) is 61.3 Å². The van der Waals surface area contributed by atoms with E-state index in [-0.39, 0.29) is 24.7 Å². The highest BCUT2D eigenvalue weighted by Crippen LogP contribution is 2.27. The molecule has 0 aliphatic rings. The van der Waals surface area contributed by atoms with Gasteiger partial charge in [0.15, 0.2) is 5.71 Å². The van der Waals surface area contributed by atoms with Crippen LogP contribution >= 0.6 is 0 Å². The van der Waals surface area contributed by atoms with E-state index < -0.39 is 27.5 Å². The van der Waals surface area contributed by atoms with Gasteiger partial charge in [0.1, 0.15) is 16.1 Å². The summed E-state index contributed by atoms with van der Waals surface area (Å²) < 4.78 is 20.8. The minimum absolute atomic E-state index is 0.136. The lowest BCUT2D eigenvalue weighted by molar-refractivity contribution is -0.139. The van der Waals surface area contributed by atoms with Crippen molar-refractivity contribution in [3.8, 4) is 6.07 Å². The van der Waals surface area contributed by atoms with Crippen LogP contribution in [0, 0.1) is 16.7 Å². The van der Waals surface area contributed by atoms with Crippen LogP contribution in [0.4, 0.5) is 0 Å². The molecule has 0 spiro atoms. The Morgan fingerprint density at radius 1 is 1.33 bits per heavy atom. The van der Waals surface area contributed by atoms with E-state index in [9.17, 15) is 9.35 Å². The summed E-state index contributed by atoms with van der Waals surface area (Å²) >= 11 is -1.54. The molecule has 0 N–H and O–H groups in total. The molecule has 0 amide bonds. The largest absolute Gasteiger partial charge is 0.591 e. The molecule has 0 heterocycles. The summed E-state index contributed by atoms with van der Waals surface area (Å²) in [4.78, 5) is 12.1. The van der Waals surface area contributed by atoms with Crippen molar-refractivity contribution in [1.29, 1.82) is 5.26 Å². The van der Waals surface area contributed by atoms with Crippen molar-refractivity contribution < 1.29 is 14.1 Å². The third-order valence-corrected chi connectivity index (χ3v) is 3.93. The molecule has 0 fully saturated rings. The van der Waals surface area contributed by atoms with Crippen molar-refractivity contribution in [1.82, 2.24) is 0 Å². The topological polar surface area (TPSA) is 85.5 Å². The lowest BCUT2D eigenvalue weighted by Crippen LogP contribution is -2.32. The summed E-state index contributed by atoms with van der Waals surface area (Å²) in [5.41, 5.74) is -0.289. The summed E-state index contributed by atoms with van der Waals surface area (Å²) in [5, 5.41) is 8.84. The van der Waals surface area contributed by atoms with Gasteiger partial charge in [-0.2, -0.15) is 5.26 Å². The number of carbonyl (C=O) groups excluding carboxylic acids is 1. The van der Waals surface area contributed by atoms with Gasteiger partial charge >= 0.3 is 5.97 Å². The monoisotopic (exact) mass is 314 g/mol. The van der Waals surface area contributed by atoms with E-state index in [0.717, 1.165) is 0 Å². The molecule has 1 unspecified atom stereocenters. The highest BCUT2D eigenvalue weighted by Gasteiger charge is 2.32. The van der Waals surface area contributed by atoms with E-state index >= 15 is 0 Å². The molecule has 0 aromatic heterocycles. The zero-order chi connectivity index (χ0) is 16.8. The van der Waals surface area contributed by atoms with Crippen LogP contribution in [0.3, 0.4) is 0 Å². The van der Waals surface area contributed by atoms with Crippen LogP contribution in [0.2, 0.25) is 0 Å². The number of nitrogens with zero attached hydrogens (tertiary/aromatic N) is 2. The van der Waals surface area contributed by atoms with E-state index in [2.05, 4.69) is 10.5 Å². The maximum Gasteiger partial charge on any atom is 0.357 e. The van der Waals surface area contributed by atoms with Crippen LogP contribution in [0.5, 0.6) is 0 Å². The fourth-order valence-electron chi connectivity index (χ4n) is 1.39. The van der Waals surface area contributed by atoms with Gasteiger partial charge in [-0.25, -0.2) is 4.79 Å². The molecular weight excluding hydrogens is 288 g/mol. The van der Waals surface area contributed by atoms with Gasteiger partial charge in [-0.3, -0.25) is 0 Å². The minimum atomic E-state index is -1.54. The second-order valence-corrected chi connectivity index (χ2v) is 8.94. The molecular formula is C15H26N2O3S. The average molecular weight is 314 g/mol. The number of rotatable bonds is 6. The molecule has 0 aliphatic carbocycles. The quantitative estimate of drug-likeness (QED) is 0.428. The first-order valence-electron chi connectivity index (χ1n) is 6.96. The lowest BCUT2D eigenvalue weighted by Gasteiger charge is -2.23. The van der Waals surface area contributed by atoms with E-state index in [0.29, 0.717) is 0 Å². The molecule has 0 saturated heterocycles. The Hall–Kier alpha value is -1.06. The van der Waals surface area contributed by atoms with Crippen LogP contribution in [-0.2, 0) is 20.9 Å². The average Bonchev–Trinajstić information content (AvgIpc) is 2.25. The van der Waals surface area contributed by atoms with E-state index in [1.165, 1.54) is 0 Å². The molecule has 1 atom stereocenters. The molecule has 0 aromatic carbocycles. The number of hydrogen-bond donors (Lipinski definition) is 0. The van der Waals surface area contributed by atoms with Gasteiger partial charge in [0.2, 0.25) is 0 Å². The van der Waals surface area contributed by atoms with Crippen molar-refractivity contribution in [2.45, 2.75) is 72.2 Å². The number of nitriles is 1. The highest BCUT2D eigenvalue weighted by molar-refractivity contribution is 7.91. The fraction of sp³-hybridized carbons (Fsp3) is 0.800. The van der Waals surface area contributed by atoms with Gasteiger partial charge in [0.05, 0.1) is 12.2 Å². The first-order chi connectivity index (χ1) is 9.39. The Morgan fingerprint density at radius 3 is 2.24 bits per heavy atom. The van der Waals surface area contributed by atoms with Gasteiger partial charge in [0, 0.05) is 12.8 Å². The second-order valence-electron chi connectivity index (χ2n) is 7.03. The number of carbonyl (C=O) groups is 1. The lowest BCUT2D eigenvalue weighted by atomic mass is 9.84. The van der Waals surface area contributed by atoms with Gasteiger partial charge in [-0.15, -0.1) is 0 Å². The van der Waals surface area contributed by atoms with Crippen LogP contribution in [0.15, 0.2) is 4.40 Å². The minimum Gasteiger partial charge on any atom is -0.591 e. The number of esters is 1. The summed E-state index contributed by atoms with van der Waals surface area (Å²) in [6.07, 6.45) is 0.265. The fourth-order valence-corrected chi connectivity index (χ4v) is 2.00. The Balaban J connectivity index is 5.34. The van der Waals surface area contributed by atoms with Gasteiger partial charge in [-0.05, 0) is 40.0 Å². The third kappa shape index (κ3) is 8.08. The maximum atomic E-state index is 12.2. The van der Waals surface area contributed by atoms with Crippen molar-refractivity contribution in [2.24, 2.45) is 9.81 Å². The molecule has 0 aliphatic heterocycles. The van der Waals surface area contributed by atoms with Gasteiger partial charge in [-0.1, -0.05) is 18.2 Å². The predicted octanol–water partition coefficient (Wildman–Crippen LogP) is 3.17. The molecule has 120 valence electrons. The number of hydrogen-bond acceptors (Lipinski definition) is 5. The summed E-state index contributed by atoms with van der Waals surface area (Å²) in [6.45, 7) is 12.6. The van der Waals surface area contributed by atoms with E-state index in [4.69, 9.17) is 10.00 Å². The van der Waals surface area contributed by atoms with Crippen LogP contribution in [-0.4, -0.2) is 27.1 Å². The Bertz CT molecular complexity index is 431. The van der Waals surface area contributed by atoms with E-state index in [1.807, 2.05) is 13.8 Å². The van der Waals surface area contributed by atoms with Crippen LogP contribution in [0.25, 0.3) is 0 Å². The maximum absolute atomic E-state index is 12.2. The first kappa shape index (κ1) is 19.9. The Labute approximate surface area is 131 Å².